The zero-order valence-electron chi connectivity index (χ0n) is 13.3. The molecule has 0 saturated carbocycles. The van der Waals surface area contributed by atoms with Crippen LogP contribution in [0.4, 0.5) is 11.8 Å². The van der Waals surface area contributed by atoms with Crippen LogP contribution in [0.5, 0.6) is 0 Å². The Morgan fingerprint density at radius 1 is 1.05 bits per heavy atom. The molecule has 0 bridgehead atoms. The molecule has 2 saturated heterocycles. The lowest BCUT2D eigenvalue weighted by atomic mass is 10.2. The lowest BCUT2D eigenvalue weighted by molar-refractivity contribution is 0.0398. The summed E-state index contributed by atoms with van der Waals surface area (Å²) in [6.07, 6.45) is 7.08. The summed E-state index contributed by atoms with van der Waals surface area (Å²) in [7, 11) is 0. The van der Waals surface area contributed by atoms with E-state index >= 15 is 0 Å². The molecule has 0 aromatic carbocycles. The maximum Gasteiger partial charge on any atom is 0.224 e. The van der Waals surface area contributed by atoms with Gasteiger partial charge in [0.15, 0.2) is 0 Å². The Morgan fingerprint density at radius 2 is 1.82 bits per heavy atom. The zero-order valence-corrected chi connectivity index (χ0v) is 13.3. The predicted molar refractivity (Wildman–Crippen MR) is 88.5 cm³/mol. The van der Waals surface area contributed by atoms with Crippen LogP contribution < -0.4 is 10.2 Å². The van der Waals surface area contributed by atoms with Crippen LogP contribution in [-0.4, -0.2) is 67.4 Å². The van der Waals surface area contributed by atoms with Gasteiger partial charge in [-0.15, -0.1) is 0 Å². The number of hydrogen-bond acceptors (Lipinski definition) is 6. The SMILES string of the molecule is c1cc(N2CCCCCC2)nc(NCCN2CCOCC2)n1. The third kappa shape index (κ3) is 4.55. The minimum Gasteiger partial charge on any atom is -0.379 e. The molecule has 3 heterocycles. The molecule has 0 unspecified atom stereocenters. The number of rotatable bonds is 5. The molecule has 6 heteroatoms. The summed E-state index contributed by atoms with van der Waals surface area (Å²) in [4.78, 5) is 13.8. The zero-order chi connectivity index (χ0) is 15.0. The van der Waals surface area contributed by atoms with Gasteiger partial charge in [0.1, 0.15) is 5.82 Å². The summed E-state index contributed by atoms with van der Waals surface area (Å²) in [5.41, 5.74) is 0. The Hall–Kier alpha value is -1.40. The van der Waals surface area contributed by atoms with Crippen molar-refractivity contribution in [2.45, 2.75) is 25.7 Å². The summed E-state index contributed by atoms with van der Waals surface area (Å²) in [5.74, 6) is 1.81. The van der Waals surface area contributed by atoms with Gasteiger partial charge in [0.05, 0.1) is 13.2 Å². The minimum absolute atomic E-state index is 0.745. The number of hydrogen-bond donors (Lipinski definition) is 1. The standard InChI is InChI=1S/C16H27N5O/c1-2-4-9-21(8-3-1)15-5-6-17-16(19-15)18-7-10-20-11-13-22-14-12-20/h5-6H,1-4,7-14H2,(H,17,18,19). The van der Waals surface area contributed by atoms with Gasteiger partial charge in [-0.1, -0.05) is 12.8 Å². The van der Waals surface area contributed by atoms with E-state index < -0.39 is 0 Å². The van der Waals surface area contributed by atoms with Crippen LogP contribution in [0, 0.1) is 0 Å². The van der Waals surface area contributed by atoms with Gasteiger partial charge in [0.2, 0.25) is 5.95 Å². The van der Waals surface area contributed by atoms with Crippen LogP contribution >= 0.6 is 0 Å². The molecule has 122 valence electrons. The van der Waals surface area contributed by atoms with Crippen molar-refractivity contribution in [1.29, 1.82) is 0 Å². The van der Waals surface area contributed by atoms with E-state index in [1.807, 2.05) is 12.3 Å². The van der Waals surface area contributed by atoms with Crippen LogP contribution in [0.25, 0.3) is 0 Å². The molecule has 6 nitrogen and oxygen atoms in total. The summed E-state index contributed by atoms with van der Waals surface area (Å²) in [6, 6.07) is 2.03. The molecule has 1 aromatic heterocycles. The number of aromatic nitrogens is 2. The number of anilines is 2. The van der Waals surface area contributed by atoms with E-state index in [-0.39, 0.29) is 0 Å². The van der Waals surface area contributed by atoms with Gasteiger partial charge in [-0.05, 0) is 18.9 Å². The first-order chi connectivity index (χ1) is 10.9. The van der Waals surface area contributed by atoms with Crippen molar-refractivity contribution in [3.8, 4) is 0 Å². The number of morpholine rings is 1. The normalized spacial score (nSPS) is 20.6. The van der Waals surface area contributed by atoms with Crippen LogP contribution in [0.2, 0.25) is 0 Å². The second kappa shape index (κ2) is 8.29. The van der Waals surface area contributed by atoms with E-state index in [1.165, 1.54) is 25.7 Å². The monoisotopic (exact) mass is 305 g/mol. The fraction of sp³-hybridized carbons (Fsp3) is 0.750. The summed E-state index contributed by atoms with van der Waals surface area (Å²) < 4.78 is 5.37. The molecule has 22 heavy (non-hydrogen) atoms. The van der Waals surface area contributed by atoms with Crippen molar-refractivity contribution in [1.82, 2.24) is 14.9 Å². The van der Waals surface area contributed by atoms with Crippen molar-refractivity contribution in [3.05, 3.63) is 12.3 Å². The van der Waals surface area contributed by atoms with Gasteiger partial charge in [-0.3, -0.25) is 4.90 Å². The number of ether oxygens (including phenoxy) is 1. The molecule has 2 aliphatic rings. The highest BCUT2D eigenvalue weighted by molar-refractivity contribution is 5.42. The Kier molecular flexibility index (Phi) is 5.84. The Labute approximate surface area is 132 Å². The topological polar surface area (TPSA) is 53.5 Å². The molecule has 0 radical (unpaired) electrons. The molecule has 0 amide bonds. The largest absolute Gasteiger partial charge is 0.379 e. The second-order valence-corrected chi connectivity index (χ2v) is 6.02. The first-order valence-electron chi connectivity index (χ1n) is 8.54. The molecule has 0 spiro atoms. The Balaban J connectivity index is 1.49. The molecular weight excluding hydrogens is 278 g/mol. The number of nitrogens with one attached hydrogen (secondary N) is 1. The molecule has 1 aromatic rings. The van der Waals surface area contributed by atoms with E-state index in [0.717, 1.165) is 64.2 Å². The minimum atomic E-state index is 0.745. The van der Waals surface area contributed by atoms with Gasteiger partial charge in [0, 0.05) is 45.5 Å². The Morgan fingerprint density at radius 3 is 2.59 bits per heavy atom. The van der Waals surface area contributed by atoms with Crippen LogP contribution in [-0.2, 0) is 4.74 Å². The van der Waals surface area contributed by atoms with Crippen molar-refractivity contribution < 1.29 is 4.74 Å². The third-order valence-electron chi connectivity index (χ3n) is 4.39. The highest BCUT2D eigenvalue weighted by Gasteiger charge is 2.12. The smallest absolute Gasteiger partial charge is 0.224 e. The number of nitrogens with zero attached hydrogens (tertiary/aromatic N) is 4. The molecule has 3 rings (SSSR count). The molecule has 2 aliphatic heterocycles. The van der Waals surface area contributed by atoms with Crippen LogP contribution in [0.15, 0.2) is 12.3 Å². The van der Waals surface area contributed by atoms with Crippen molar-refractivity contribution in [2.75, 3.05) is 62.7 Å². The fourth-order valence-corrected chi connectivity index (χ4v) is 3.06. The van der Waals surface area contributed by atoms with E-state index in [0.29, 0.717) is 0 Å². The van der Waals surface area contributed by atoms with Crippen molar-refractivity contribution >= 4 is 11.8 Å². The fourth-order valence-electron chi connectivity index (χ4n) is 3.06. The quantitative estimate of drug-likeness (QED) is 0.892. The van der Waals surface area contributed by atoms with Crippen molar-refractivity contribution in [3.63, 3.8) is 0 Å². The summed E-state index contributed by atoms with van der Waals surface area (Å²) in [6.45, 7) is 7.87. The van der Waals surface area contributed by atoms with E-state index in [4.69, 9.17) is 4.74 Å². The molecular formula is C16H27N5O. The first-order valence-corrected chi connectivity index (χ1v) is 8.54. The van der Waals surface area contributed by atoms with Gasteiger partial charge >= 0.3 is 0 Å². The van der Waals surface area contributed by atoms with Crippen molar-refractivity contribution in [2.24, 2.45) is 0 Å². The maximum atomic E-state index is 5.37. The molecule has 1 N–H and O–H groups in total. The van der Waals surface area contributed by atoms with Gasteiger partial charge in [0.25, 0.3) is 0 Å². The molecule has 2 fully saturated rings. The van der Waals surface area contributed by atoms with Crippen LogP contribution in [0.3, 0.4) is 0 Å². The molecule has 0 aliphatic carbocycles. The van der Waals surface area contributed by atoms with E-state index in [1.54, 1.807) is 0 Å². The highest BCUT2D eigenvalue weighted by Crippen LogP contribution is 2.17. The lowest BCUT2D eigenvalue weighted by Gasteiger charge is -2.26. The predicted octanol–water partition coefficient (Wildman–Crippen LogP) is 1.60. The van der Waals surface area contributed by atoms with Gasteiger partial charge in [-0.25, -0.2) is 4.98 Å². The summed E-state index contributed by atoms with van der Waals surface area (Å²) >= 11 is 0. The summed E-state index contributed by atoms with van der Waals surface area (Å²) in [5, 5.41) is 3.36. The van der Waals surface area contributed by atoms with Crippen LogP contribution in [0.1, 0.15) is 25.7 Å². The average molecular weight is 305 g/mol. The van der Waals surface area contributed by atoms with E-state index in [9.17, 15) is 0 Å². The average Bonchev–Trinajstić information content (AvgIpc) is 2.85. The second-order valence-electron chi connectivity index (χ2n) is 6.02. The van der Waals surface area contributed by atoms with Gasteiger partial charge in [-0.2, -0.15) is 4.98 Å². The maximum absolute atomic E-state index is 5.37. The Bertz CT molecular complexity index is 442. The first kappa shape index (κ1) is 15.5. The third-order valence-corrected chi connectivity index (χ3v) is 4.39. The van der Waals surface area contributed by atoms with Gasteiger partial charge < -0.3 is 15.0 Å². The van der Waals surface area contributed by atoms with E-state index in [2.05, 4.69) is 25.1 Å². The lowest BCUT2D eigenvalue weighted by Crippen LogP contribution is -2.39. The highest BCUT2D eigenvalue weighted by atomic mass is 16.5. The molecule has 0 atom stereocenters.